The molecule has 7 heteroatoms. The monoisotopic (exact) mass is 381 g/mol. The molecule has 0 radical (unpaired) electrons. The molecular formula is C20H23N5OS. The summed E-state index contributed by atoms with van der Waals surface area (Å²) in [7, 11) is 0. The third kappa shape index (κ3) is 4.30. The Morgan fingerprint density at radius 1 is 1.19 bits per heavy atom. The zero-order valence-corrected chi connectivity index (χ0v) is 16.0. The van der Waals surface area contributed by atoms with Crippen molar-refractivity contribution < 1.29 is 4.79 Å². The lowest BCUT2D eigenvalue weighted by Gasteiger charge is -2.25. The van der Waals surface area contributed by atoms with Crippen LogP contribution in [0.15, 0.2) is 42.9 Å². The van der Waals surface area contributed by atoms with Crippen molar-refractivity contribution in [2.75, 3.05) is 11.1 Å². The van der Waals surface area contributed by atoms with E-state index in [0.717, 1.165) is 22.7 Å². The predicted molar refractivity (Wildman–Crippen MR) is 109 cm³/mol. The summed E-state index contributed by atoms with van der Waals surface area (Å²) in [4.78, 5) is 25.6. The van der Waals surface area contributed by atoms with Gasteiger partial charge in [0.25, 0.3) is 0 Å². The highest BCUT2D eigenvalue weighted by molar-refractivity contribution is 7.99. The molecule has 6 nitrogen and oxygen atoms in total. The van der Waals surface area contributed by atoms with E-state index in [9.17, 15) is 4.79 Å². The van der Waals surface area contributed by atoms with Crippen molar-refractivity contribution in [1.29, 1.82) is 0 Å². The third-order valence-corrected chi connectivity index (χ3v) is 5.80. The molecule has 3 aromatic heterocycles. The summed E-state index contributed by atoms with van der Waals surface area (Å²) >= 11 is 1.58. The quantitative estimate of drug-likeness (QED) is 0.693. The van der Waals surface area contributed by atoms with Crippen LogP contribution >= 0.6 is 11.8 Å². The Morgan fingerprint density at radius 2 is 2.04 bits per heavy atom. The van der Waals surface area contributed by atoms with E-state index in [1.807, 2.05) is 30.5 Å². The molecule has 0 atom stereocenters. The summed E-state index contributed by atoms with van der Waals surface area (Å²) in [5.41, 5.74) is 2.64. The van der Waals surface area contributed by atoms with Gasteiger partial charge < -0.3 is 9.88 Å². The second kappa shape index (κ2) is 8.52. The number of amides is 1. The average molecular weight is 382 g/mol. The zero-order chi connectivity index (χ0) is 18.5. The number of fused-ring (bicyclic) bond motifs is 1. The second-order valence-corrected chi connectivity index (χ2v) is 7.80. The number of rotatable bonds is 6. The summed E-state index contributed by atoms with van der Waals surface area (Å²) in [6.45, 7) is 0. The summed E-state index contributed by atoms with van der Waals surface area (Å²) in [6, 6.07) is 8.06. The van der Waals surface area contributed by atoms with E-state index in [1.165, 1.54) is 32.1 Å². The fourth-order valence-electron chi connectivity index (χ4n) is 3.67. The van der Waals surface area contributed by atoms with E-state index in [1.54, 1.807) is 24.2 Å². The van der Waals surface area contributed by atoms with E-state index >= 15 is 0 Å². The lowest BCUT2D eigenvalue weighted by molar-refractivity contribution is -0.113. The fourth-order valence-corrected chi connectivity index (χ4v) is 4.42. The highest BCUT2D eigenvalue weighted by Gasteiger charge is 2.22. The van der Waals surface area contributed by atoms with E-state index in [4.69, 9.17) is 4.98 Å². The molecule has 140 valence electrons. The van der Waals surface area contributed by atoms with Gasteiger partial charge in [-0.3, -0.25) is 9.78 Å². The van der Waals surface area contributed by atoms with Gasteiger partial charge in [0.2, 0.25) is 5.91 Å². The Hall–Kier alpha value is -2.41. The molecule has 1 amide bonds. The Bertz CT molecular complexity index is 905. The molecule has 3 heterocycles. The first kappa shape index (κ1) is 18.0. The number of imidazole rings is 1. The summed E-state index contributed by atoms with van der Waals surface area (Å²) in [5, 5.41) is 2.87. The molecule has 1 fully saturated rings. The van der Waals surface area contributed by atoms with E-state index < -0.39 is 0 Å². The number of carbonyl (C=O) groups excluding carboxylic acids is 1. The van der Waals surface area contributed by atoms with Gasteiger partial charge in [-0.25, -0.2) is 9.97 Å². The Kier molecular flexibility index (Phi) is 5.67. The predicted octanol–water partition coefficient (Wildman–Crippen LogP) is 4.20. The number of nitrogens with zero attached hydrogens (tertiary/aromatic N) is 4. The summed E-state index contributed by atoms with van der Waals surface area (Å²) in [5.74, 6) is 2.09. The third-order valence-electron chi connectivity index (χ3n) is 4.87. The average Bonchev–Trinajstić information content (AvgIpc) is 3.07. The van der Waals surface area contributed by atoms with Crippen LogP contribution in [-0.2, 0) is 10.5 Å². The normalized spacial score (nSPS) is 15.1. The van der Waals surface area contributed by atoms with Crippen LogP contribution in [-0.4, -0.2) is 31.2 Å². The highest BCUT2D eigenvalue weighted by Crippen LogP contribution is 2.32. The minimum atomic E-state index is -0.0218. The van der Waals surface area contributed by atoms with Crippen molar-refractivity contribution in [2.45, 2.75) is 43.9 Å². The maximum atomic E-state index is 12.2. The number of thioether (sulfide) groups is 1. The van der Waals surface area contributed by atoms with Crippen molar-refractivity contribution >= 4 is 34.5 Å². The van der Waals surface area contributed by atoms with Crippen molar-refractivity contribution in [3.8, 4) is 0 Å². The molecule has 27 heavy (non-hydrogen) atoms. The van der Waals surface area contributed by atoms with Gasteiger partial charge in [-0.1, -0.05) is 19.3 Å². The van der Waals surface area contributed by atoms with Gasteiger partial charge in [-0.05, 0) is 37.1 Å². The van der Waals surface area contributed by atoms with Crippen LogP contribution < -0.4 is 5.32 Å². The van der Waals surface area contributed by atoms with E-state index in [2.05, 4.69) is 19.9 Å². The summed E-state index contributed by atoms with van der Waals surface area (Å²) < 4.78 is 2.32. The number of nitrogens with one attached hydrogen (secondary N) is 1. The largest absolute Gasteiger partial charge is 0.324 e. The Balaban J connectivity index is 1.44. The van der Waals surface area contributed by atoms with Crippen LogP contribution in [0, 0.1) is 0 Å². The van der Waals surface area contributed by atoms with Crippen molar-refractivity contribution in [3.63, 3.8) is 0 Å². The van der Waals surface area contributed by atoms with Crippen molar-refractivity contribution in [2.24, 2.45) is 0 Å². The number of carbonyl (C=O) groups is 1. The molecule has 0 aliphatic heterocycles. The van der Waals surface area contributed by atoms with Gasteiger partial charge >= 0.3 is 0 Å². The minimum Gasteiger partial charge on any atom is -0.324 e. The maximum absolute atomic E-state index is 12.2. The van der Waals surface area contributed by atoms with Gasteiger partial charge in [-0.2, -0.15) is 0 Å². The molecule has 1 saturated carbocycles. The number of pyridine rings is 2. The first-order valence-corrected chi connectivity index (χ1v) is 10.6. The SMILES string of the molecule is O=C(CSCc1nc2cccnc2n1C1CCCCC1)Nc1cccnc1. The maximum Gasteiger partial charge on any atom is 0.234 e. The van der Waals surface area contributed by atoms with Crippen LogP contribution in [0.25, 0.3) is 11.2 Å². The Morgan fingerprint density at radius 3 is 2.85 bits per heavy atom. The van der Waals surface area contributed by atoms with Crippen molar-refractivity contribution in [3.05, 3.63) is 48.7 Å². The summed E-state index contributed by atoms with van der Waals surface area (Å²) in [6.07, 6.45) is 11.4. The topological polar surface area (TPSA) is 72.7 Å². The lowest BCUT2D eigenvalue weighted by Crippen LogP contribution is -2.17. The smallest absolute Gasteiger partial charge is 0.234 e. The molecule has 0 spiro atoms. The van der Waals surface area contributed by atoms with Crippen LogP contribution in [0.1, 0.15) is 44.0 Å². The van der Waals surface area contributed by atoms with E-state index in [0.29, 0.717) is 17.5 Å². The Labute approximate surface area is 162 Å². The lowest BCUT2D eigenvalue weighted by atomic mass is 9.95. The number of hydrogen-bond donors (Lipinski definition) is 1. The standard InChI is InChI=1S/C20H23N5OS/c26-19(23-15-6-4-10-21-12-15)14-27-13-18-24-17-9-5-11-22-20(17)25(18)16-7-2-1-3-8-16/h4-6,9-12,16H,1-3,7-8,13-14H2,(H,23,26). The minimum absolute atomic E-state index is 0.0218. The molecule has 1 aliphatic rings. The number of aromatic nitrogens is 4. The van der Waals surface area contributed by atoms with Crippen LogP contribution in [0.2, 0.25) is 0 Å². The first-order chi connectivity index (χ1) is 13.3. The fraction of sp³-hybridized carbons (Fsp3) is 0.400. The van der Waals surface area contributed by atoms with Crippen molar-refractivity contribution in [1.82, 2.24) is 19.5 Å². The second-order valence-electron chi connectivity index (χ2n) is 6.82. The molecule has 4 rings (SSSR count). The van der Waals surface area contributed by atoms with Gasteiger partial charge in [0.1, 0.15) is 11.3 Å². The molecule has 0 unspecified atom stereocenters. The first-order valence-electron chi connectivity index (χ1n) is 9.41. The molecular weight excluding hydrogens is 358 g/mol. The molecule has 0 saturated heterocycles. The molecule has 1 aliphatic carbocycles. The number of anilines is 1. The van der Waals surface area contributed by atoms with Gasteiger partial charge in [0.05, 0.1) is 23.4 Å². The van der Waals surface area contributed by atoms with Gasteiger partial charge in [-0.15, -0.1) is 11.8 Å². The van der Waals surface area contributed by atoms with Gasteiger partial charge in [0, 0.05) is 18.4 Å². The van der Waals surface area contributed by atoms with Crippen LogP contribution in [0.3, 0.4) is 0 Å². The number of hydrogen-bond acceptors (Lipinski definition) is 5. The highest BCUT2D eigenvalue weighted by atomic mass is 32.2. The van der Waals surface area contributed by atoms with E-state index in [-0.39, 0.29) is 5.91 Å². The molecule has 3 aromatic rings. The molecule has 0 bridgehead atoms. The molecule has 1 N–H and O–H groups in total. The van der Waals surface area contributed by atoms with Crippen LogP contribution in [0.5, 0.6) is 0 Å². The van der Waals surface area contributed by atoms with Crippen LogP contribution in [0.4, 0.5) is 5.69 Å². The zero-order valence-electron chi connectivity index (χ0n) is 15.2. The van der Waals surface area contributed by atoms with Gasteiger partial charge in [0.15, 0.2) is 5.65 Å². The molecule has 0 aromatic carbocycles.